The van der Waals surface area contributed by atoms with Crippen LogP contribution in [0.4, 0.5) is 32.5 Å². The zero-order chi connectivity index (χ0) is 34.8. The third kappa shape index (κ3) is 7.20. The van der Waals surface area contributed by atoms with Crippen molar-refractivity contribution in [2.24, 2.45) is 0 Å². The Bertz CT molecular complexity index is 1920. The third-order valence-corrected chi connectivity index (χ3v) is 9.50. The summed E-state index contributed by atoms with van der Waals surface area (Å²) in [5.74, 6) is 0.0174. The van der Waals surface area contributed by atoms with Crippen LogP contribution in [0.25, 0.3) is 11.3 Å². The molecule has 6 rings (SSSR count). The van der Waals surface area contributed by atoms with Crippen LogP contribution in [0.1, 0.15) is 36.4 Å². The van der Waals surface area contributed by atoms with Gasteiger partial charge < -0.3 is 30.1 Å². The average molecular weight is 705 g/mol. The summed E-state index contributed by atoms with van der Waals surface area (Å²) in [6, 6.07) is 9.64. The molecule has 254 valence electrons. The summed E-state index contributed by atoms with van der Waals surface area (Å²) in [7, 11) is 1.51. The Kier molecular flexibility index (Phi) is 9.79. The molecule has 0 bridgehead atoms. The largest absolute Gasteiger partial charge is 0.493 e. The maximum Gasteiger partial charge on any atom is 0.267 e. The average Bonchev–Trinajstić information content (AvgIpc) is 3.81. The minimum absolute atomic E-state index is 0.0494. The van der Waals surface area contributed by atoms with Crippen molar-refractivity contribution in [3.63, 3.8) is 0 Å². The number of para-hydroxylation sites is 1. The van der Waals surface area contributed by atoms with Crippen LogP contribution in [0, 0.1) is 5.82 Å². The van der Waals surface area contributed by atoms with Crippen LogP contribution < -0.4 is 25.2 Å². The summed E-state index contributed by atoms with van der Waals surface area (Å²) in [5.41, 5.74) is 1.80. The van der Waals surface area contributed by atoms with E-state index < -0.39 is 11.7 Å². The maximum atomic E-state index is 14.2. The van der Waals surface area contributed by atoms with Gasteiger partial charge in [0.2, 0.25) is 11.8 Å². The molecule has 12 nitrogen and oxygen atoms in total. The van der Waals surface area contributed by atoms with Gasteiger partial charge in [0.05, 0.1) is 35.4 Å². The third-order valence-electron chi connectivity index (χ3n) is 8.27. The Balaban J connectivity index is 1.29. The maximum absolute atomic E-state index is 14.2. The first-order valence-corrected chi connectivity index (χ1v) is 16.8. The van der Waals surface area contributed by atoms with Gasteiger partial charge in [-0.25, -0.2) is 19.3 Å². The van der Waals surface area contributed by atoms with Crippen molar-refractivity contribution in [1.29, 1.82) is 0 Å². The highest BCUT2D eigenvalue weighted by Gasteiger charge is 2.36. The molecule has 2 fully saturated rings. The zero-order valence-corrected chi connectivity index (χ0v) is 28.6. The number of aromatic nitrogens is 3. The Morgan fingerprint density at radius 1 is 1.16 bits per heavy atom. The highest BCUT2D eigenvalue weighted by atomic mass is 35.5. The molecule has 1 saturated carbocycles. The molecule has 1 saturated heterocycles. The van der Waals surface area contributed by atoms with Crippen molar-refractivity contribution in [3.8, 4) is 17.0 Å². The fourth-order valence-corrected chi connectivity index (χ4v) is 6.66. The lowest BCUT2D eigenvalue weighted by Crippen LogP contribution is -2.54. The number of amides is 3. The summed E-state index contributed by atoms with van der Waals surface area (Å²) < 4.78 is 19.8. The van der Waals surface area contributed by atoms with Gasteiger partial charge in [-0.1, -0.05) is 35.6 Å². The molecule has 15 heteroatoms. The molecule has 0 radical (unpaired) electrons. The summed E-state index contributed by atoms with van der Waals surface area (Å²) in [6.07, 6.45) is 6.21. The number of nitrogens with zero attached hydrogens (tertiary/aromatic N) is 6. The number of ether oxygens (including phenoxy) is 1. The number of piperazine rings is 1. The molecular weight excluding hydrogens is 671 g/mol. The lowest BCUT2D eigenvalue weighted by atomic mass is 10.1. The summed E-state index contributed by atoms with van der Waals surface area (Å²) in [5, 5.41) is 6.05. The van der Waals surface area contributed by atoms with Gasteiger partial charge in [-0.3, -0.25) is 14.4 Å². The fraction of sp³-hybridized carbons (Fsp3) is 0.294. The van der Waals surface area contributed by atoms with Gasteiger partial charge >= 0.3 is 0 Å². The first-order chi connectivity index (χ1) is 23.6. The van der Waals surface area contributed by atoms with Gasteiger partial charge in [-0.2, -0.15) is 0 Å². The van der Waals surface area contributed by atoms with Gasteiger partial charge in [0, 0.05) is 50.4 Å². The van der Waals surface area contributed by atoms with Crippen molar-refractivity contribution in [1.82, 2.24) is 19.9 Å². The number of carbonyl (C=O) groups is 3. The van der Waals surface area contributed by atoms with Crippen molar-refractivity contribution in [2.75, 3.05) is 47.2 Å². The second-order valence-corrected chi connectivity index (χ2v) is 13.1. The number of methoxy groups -OCH3 is 1. The number of benzene rings is 1. The highest BCUT2D eigenvalue weighted by Crippen LogP contribution is 2.40. The van der Waals surface area contributed by atoms with Gasteiger partial charge in [0.25, 0.3) is 5.91 Å². The molecule has 1 atom stereocenters. The SMILES string of the molecule is C=CC(=O)N1CCN(c2ncc(-c3ccc(OC)c(Nc4ncc(C(=O)Nc5c(F)cccc5Cl)s4)n3)cc2N(C(C)=O)C2CC2)C(C)C1. The van der Waals surface area contributed by atoms with Crippen LogP contribution in [-0.4, -0.2) is 76.4 Å². The smallest absolute Gasteiger partial charge is 0.267 e. The molecule has 49 heavy (non-hydrogen) atoms. The number of thiazole rings is 1. The van der Waals surface area contributed by atoms with Crippen LogP contribution in [-0.2, 0) is 9.59 Å². The van der Waals surface area contributed by atoms with E-state index in [1.807, 2.05) is 13.0 Å². The van der Waals surface area contributed by atoms with Crippen LogP contribution in [0.5, 0.6) is 5.75 Å². The number of rotatable bonds is 10. The van der Waals surface area contributed by atoms with Crippen molar-refractivity contribution >= 4 is 68.8 Å². The number of carbonyl (C=O) groups excluding carboxylic acids is 3. The Hall–Kier alpha value is -5.08. The van der Waals surface area contributed by atoms with E-state index in [9.17, 15) is 18.8 Å². The van der Waals surface area contributed by atoms with Crippen LogP contribution in [0.2, 0.25) is 5.02 Å². The van der Waals surface area contributed by atoms with Gasteiger partial charge in [0.15, 0.2) is 22.5 Å². The van der Waals surface area contributed by atoms with E-state index in [4.69, 9.17) is 26.3 Å². The number of halogens is 2. The molecule has 2 N–H and O–H groups in total. The second-order valence-electron chi connectivity index (χ2n) is 11.7. The molecule has 1 aliphatic carbocycles. The lowest BCUT2D eigenvalue weighted by molar-refractivity contribution is -0.126. The van der Waals surface area contributed by atoms with Crippen LogP contribution >= 0.6 is 22.9 Å². The molecule has 1 aromatic carbocycles. The van der Waals surface area contributed by atoms with Crippen molar-refractivity contribution in [3.05, 3.63) is 77.2 Å². The number of anilines is 5. The zero-order valence-electron chi connectivity index (χ0n) is 27.1. The van der Waals surface area contributed by atoms with Crippen LogP contribution in [0.15, 0.2) is 61.4 Å². The minimum Gasteiger partial charge on any atom is -0.493 e. The lowest BCUT2D eigenvalue weighted by Gasteiger charge is -2.41. The molecule has 3 amide bonds. The van der Waals surface area contributed by atoms with E-state index in [0.29, 0.717) is 59.1 Å². The number of pyridine rings is 2. The van der Waals surface area contributed by atoms with Crippen molar-refractivity contribution < 1.29 is 23.5 Å². The van der Waals surface area contributed by atoms with E-state index in [0.717, 1.165) is 24.2 Å². The topological polar surface area (TPSA) is 133 Å². The molecule has 4 heterocycles. The summed E-state index contributed by atoms with van der Waals surface area (Å²) >= 11 is 7.11. The van der Waals surface area contributed by atoms with Crippen molar-refractivity contribution in [2.45, 2.75) is 38.8 Å². The molecular formula is C34H34ClFN8O4S. The van der Waals surface area contributed by atoms with E-state index in [2.05, 4.69) is 27.1 Å². The molecule has 1 aliphatic heterocycles. The predicted molar refractivity (Wildman–Crippen MR) is 189 cm³/mol. The normalized spacial score (nSPS) is 15.8. The second kappa shape index (κ2) is 14.2. The summed E-state index contributed by atoms with van der Waals surface area (Å²) in [4.78, 5) is 58.1. The monoisotopic (exact) mass is 704 g/mol. The van der Waals surface area contributed by atoms with E-state index >= 15 is 0 Å². The van der Waals surface area contributed by atoms with Gasteiger partial charge in [-0.05, 0) is 56.2 Å². The first kappa shape index (κ1) is 33.8. The number of hydrogen-bond donors (Lipinski definition) is 2. The quantitative estimate of drug-likeness (QED) is 0.187. The van der Waals surface area contributed by atoms with Gasteiger partial charge in [-0.15, -0.1) is 0 Å². The number of nitrogens with one attached hydrogen (secondary N) is 2. The first-order valence-electron chi connectivity index (χ1n) is 15.6. The molecule has 4 aromatic rings. The fourth-order valence-electron chi connectivity index (χ4n) is 5.73. The highest BCUT2D eigenvalue weighted by molar-refractivity contribution is 7.17. The molecule has 3 aromatic heterocycles. The standard InChI is InChI=1S/C34H34ClFN8O4S/c1-5-29(46)42-13-14-43(19(2)18-42)32-26(44(20(3)45)22-9-10-22)15-21(16-37-32)25-11-12-27(48-4)31(39-25)41-34-38-17-28(49-34)33(47)40-30-23(35)7-6-8-24(30)36/h5-8,11-12,15-17,19,22H,1,9-10,13-14,18H2,2-4H3,(H,40,47)(H,38,39,41). The predicted octanol–water partition coefficient (Wildman–Crippen LogP) is 6.14. The molecule has 2 aliphatic rings. The van der Waals surface area contributed by atoms with E-state index in [-0.39, 0.29) is 39.5 Å². The molecule has 1 unspecified atom stereocenters. The van der Waals surface area contributed by atoms with Gasteiger partial charge in [0.1, 0.15) is 10.7 Å². The Morgan fingerprint density at radius 3 is 2.63 bits per heavy atom. The summed E-state index contributed by atoms with van der Waals surface area (Å²) in [6.45, 7) is 8.76. The van der Waals surface area contributed by atoms with E-state index in [1.54, 1.807) is 35.1 Å². The Labute approximate surface area is 291 Å². The number of hydrogen-bond acceptors (Lipinski definition) is 10. The van der Waals surface area contributed by atoms with Crippen LogP contribution in [0.3, 0.4) is 0 Å². The molecule has 0 spiro atoms. The minimum atomic E-state index is -0.652. The Morgan fingerprint density at radius 2 is 1.96 bits per heavy atom. The van der Waals surface area contributed by atoms with E-state index in [1.165, 1.54) is 37.6 Å².